The molecule has 55 heavy (non-hydrogen) atoms. The number of hydrogen-bond acceptors (Lipinski definition) is 2. The van der Waals surface area contributed by atoms with Crippen molar-refractivity contribution in [2.75, 3.05) is 4.90 Å². The summed E-state index contributed by atoms with van der Waals surface area (Å²) in [4.78, 5) is 5.99. The van der Waals surface area contributed by atoms with Crippen LogP contribution in [0.1, 0.15) is 5.56 Å². The molecule has 10 aromatic rings. The molecular formula is C50H31N5. The maximum atomic E-state index is 10.3. The SMILES string of the molecule is [C-]#[N+]c1ccc(C#N)c(-n2c3ccc(-c4ccc5c6ccccc6n(-c6ccccc6)c5c4)cc3c3cc(N(c4ccccc4)c4ccccc4)ccc32)c1. The van der Waals surface area contributed by atoms with E-state index in [1.165, 1.54) is 16.3 Å². The predicted octanol–water partition coefficient (Wildman–Crippen LogP) is 13.4. The molecule has 8 aromatic carbocycles. The number of hydrogen-bond donors (Lipinski definition) is 0. The number of nitrogens with zero attached hydrogens (tertiary/aromatic N) is 5. The average molecular weight is 702 g/mol. The van der Waals surface area contributed by atoms with Crippen molar-refractivity contribution in [2.45, 2.75) is 0 Å². The molecular weight excluding hydrogens is 671 g/mol. The third kappa shape index (κ3) is 5.23. The fourth-order valence-corrected chi connectivity index (χ4v) is 8.07. The standard InChI is InChI=1S/C50H31N5/c1-52-37-24-21-36(33-51)49(31-37)55-47-27-23-34(35-22-26-43-42-19-11-12-20-46(42)54(50(43)30-35)40-17-9-4-10-18-40)29-44(47)45-32-41(25-28-48(45)55)53(38-13-5-2-6-14-38)39-15-7-3-8-16-39/h2-32H. The molecule has 0 radical (unpaired) electrons. The Morgan fingerprint density at radius 1 is 0.455 bits per heavy atom. The summed E-state index contributed by atoms with van der Waals surface area (Å²) < 4.78 is 4.48. The highest BCUT2D eigenvalue weighted by Crippen LogP contribution is 2.42. The molecule has 0 aliphatic rings. The van der Waals surface area contributed by atoms with Gasteiger partial charge in [0.05, 0.1) is 39.9 Å². The van der Waals surface area contributed by atoms with Gasteiger partial charge in [0.2, 0.25) is 0 Å². The minimum Gasteiger partial charge on any atom is -0.310 e. The van der Waals surface area contributed by atoms with Crippen LogP contribution in [0.4, 0.5) is 22.7 Å². The summed E-state index contributed by atoms with van der Waals surface area (Å²) in [5.41, 5.74) is 12.3. The minimum absolute atomic E-state index is 0.485. The van der Waals surface area contributed by atoms with E-state index in [-0.39, 0.29) is 0 Å². The number of benzene rings is 8. The molecule has 0 bridgehead atoms. The Kier molecular flexibility index (Phi) is 7.51. The first kappa shape index (κ1) is 31.8. The maximum Gasteiger partial charge on any atom is 0.189 e. The van der Waals surface area contributed by atoms with Crippen LogP contribution in [0.15, 0.2) is 188 Å². The Morgan fingerprint density at radius 2 is 1.04 bits per heavy atom. The zero-order valence-electron chi connectivity index (χ0n) is 29.6. The predicted molar refractivity (Wildman–Crippen MR) is 226 cm³/mol. The van der Waals surface area contributed by atoms with Gasteiger partial charge in [-0.15, -0.1) is 0 Å². The van der Waals surface area contributed by atoms with E-state index in [9.17, 15) is 5.26 Å². The lowest BCUT2D eigenvalue weighted by Crippen LogP contribution is -2.09. The molecule has 2 heterocycles. The molecule has 5 nitrogen and oxygen atoms in total. The van der Waals surface area contributed by atoms with E-state index in [1.54, 1.807) is 12.1 Å². The lowest BCUT2D eigenvalue weighted by molar-refractivity contribution is 1.17. The molecule has 5 heteroatoms. The molecule has 0 aliphatic carbocycles. The number of para-hydroxylation sites is 4. The van der Waals surface area contributed by atoms with Gasteiger partial charge in [-0.2, -0.15) is 5.26 Å². The Hall–Kier alpha value is -7.86. The van der Waals surface area contributed by atoms with Crippen molar-refractivity contribution in [3.63, 3.8) is 0 Å². The molecule has 0 fully saturated rings. The van der Waals surface area contributed by atoms with E-state index < -0.39 is 0 Å². The van der Waals surface area contributed by atoms with E-state index in [0.717, 1.165) is 61.2 Å². The second kappa shape index (κ2) is 13.0. The van der Waals surface area contributed by atoms with Gasteiger partial charge in [-0.1, -0.05) is 103 Å². The van der Waals surface area contributed by atoms with Crippen molar-refractivity contribution in [3.8, 4) is 28.6 Å². The average Bonchev–Trinajstić information content (AvgIpc) is 3.76. The van der Waals surface area contributed by atoms with Gasteiger partial charge in [-0.3, -0.25) is 0 Å². The second-order valence-corrected chi connectivity index (χ2v) is 13.6. The van der Waals surface area contributed by atoms with Crippen molar-refractivity contribution in [3.05, 3.63) is 205 Å². The summed E-state index contributed by atoms with van der Waals surface area (Å²) in [6.45, 7) is 7.77. The fourth-order valence-electron chi connectivity index (χ4n) is 8.07. The van der Waals surface area contributed by atoms with Crippen LogP contribution in [0.3, 0.4) is 0 Å². The largest absolute Gasteiger partial charge is 0.310 e. The van der Waals surface area contributed by atoms with Crippen molar-refractivity contribution in [1.82, 2.24) is 9.13 Å². The van der Waals surface area contributed by atoms with E-state index in [2.05, 4.69) is 183 Å². The normalized spacial score (nSPS) is 11.2. The number of aromatic nitrogens is 2. The summed E-state index contributed by atoms with van der Waals surface area (Å²) in [5, 5.41) is 14.8. The summed E-state index contributed by atoms with van der Waals surface area (Å²) in [6, 6.07) is 67.5. The van der Waals surface area contributed by atoms with Crippen LogP contribution in [0.2, 0.25) is 0 Å². The van der Waals surface area contributed by atoms with Crippen LogP contribution < -0.4 is 4.90 Å². The van der Waals surface area contributed by atoms with Crippen LogP contribution in [0.25, 0.3) is 71.0 Å². The molecule has 10 rings (SSSR count). The number of rotatable bonds is 6. The quantitative estimate of drug-likeness (QED) is 0.162. The van der Waals surface area contributed by atoms with Gasteiger partial charge in [0.1, 0.15) is 6.07 Å². The Labute approximate surface area is 318 Å². The highest BCUT2D eigenvalue weighted by Gasteiger charge is 2.20. The summed E-state index contributed by atoms with van der Waals surface area (Å²) in [5.74, 6) is 0. The third-order valence-corrected chi connectivity index (χ3v) is 10.5. The molecule has 0 saturated heterocycles. The first-order chi connectivity index (χ1) is 27.2. The van der Waals surface area contributed by atoms with Crippen molar-refractivity contribution >= 4 is 66.4 Å². The van der Waals surface area contributed by atoms with Crippen molar-refractivity contribution in [2.24, 2.45) is 0 Å². The first-order valence-corrected chi connectivity index (χ1v) is 18.2. The minimum atomic E-state index is 0.485. The number of fused-ring (bicyclic) bond motifs is 6. The Morgan fingerprint density at radius 3 is 1.75 bits per heavy atom. The second-order valence-electron chi connectivity index (χ2n) is 13.6. The smallest absolute Gasteiger partial charge is 0.189 e. The summed E-state index contributed by atoms with van der Waals surface area (Å²) >= 11 is 0. The van der Waals surface area contributed by atoms with Crippen molar-refractivity contribution < 1.29 is 0 Å². The van der Waals surface area contributed by atoms with Crippen LogP contribution in [0.5, 0.6) is 0 Å². The molecule has 0 amide bonds. The lowest BCUT2D eigenvalue weighted by atomic mass is 10.0. The topological polar surface area (TPSA) is 41.2 Å². The zero-order chi connectivity index (χ0) is 36.9. The Balaban J connectivity index is 1.24. The van der Waals surface area contributed by atoms with E-state index in [0.29, 0.717) is 16.9 Å². The highest BCUT2D eigenvalue weighted by molar-refractivity contribution is 6.13. The molecule has 0 atom stereocenters. The summed E-state index contributed by atoms with van der Waals surface area (Å²) in [6.07, 6.45) is 0. The molecule has 0 unspecified atom stereocenters. The van der Waals surface area contributed by atoms with Crippen LogP contribution in [-0.4, -0.2) is 9.13 Å². The van der Waals surface area contributed by atoms with Gasteiger partial charge in [0.15, 0.2) is 5.69 Å². The van der Waals surface area contributed by atoms with E-state index >= 15 is 0 Å². The van der Waals surface area contributed by atoms with E-state index in [4.69, 9.17) is 6.57 Å². The van der Waals surface area contributed by atoms with E-state index in [1.807, 2.05) is 18.2 Å². The van der Waals surface area contributed by atoms with Gasteiger partial charge in [-0.05, 0) is 96.1 Å². The zero-order valence-corrected chi connectivity index (χ0v) is 29.6. The number of anilines is 3. The molecule has 0 aliphatic heterocycles. The fraction of sp³-hybridized carbons (Fsp3) is 0. The number of nitriles is 1. The molecule has 2 aromatic heterocycles. The van der Waals surface area contributed by atoms with Gasteiger partial charge in [-0.25, -0.2) is 4.85 Å². The summed E-state index contributed by atoms with van der Waals surface area (Å²) in [7, 11) is 0. The Bertz CT molecular complexity index is 3120. The van der Waals surface area contributed by atoms with Crippen molar-refractivity contribution in [1.29, 1.82) is 5.26 Å². The first-order valence-electron chi connectivity index (χ1n) is 18.2. The van der Waals surface area contributed by atoms with Crippen LogP contribution in [-0.2, 0) is 0 Å². The maximum absolute atomic E-state index is 10.3. The highest BCUT2D eigenvalue weighted by atomic mass is 15.1. The monoisotopic (exact) mass is 701 g/mol. The molecule has 256 valence electrons. The third-order valence-electron chi connectivity index (χ3n) is 10.5. The van der Waals surface area contributed by atoms with Gasteiger partial charge < -0.3 is 14.0 Å². The molecule has 0 spiro atoms. The van der Waals surface area contributed by atoms with Crippen LogP contribution in [0, 0.1) is 17.9 Å². The van der Waals surface area contributed by atoms with Gasteiger partial charge in [0.25, 0.3) is 0 Å². The lowest BCUT2D eigenvalue weighted by Gasteiger charge is -2.25. The molecule has 0 N–H and O–H groups in total. The van der Waals surface area contributed by atoms with Crippen LogP contribution >= 0.6 is 0 Å². The van der Waals surface area contributed by atoms with Gasteiger partial charge in [0, 0.05) is 44.3 Å². The molecule has 0 saturated carbocycles. The van der Waals surface area contributed by atoms with Gasteiger partial charge >= 0.3 is 0 Å².